The Hall–Kier alpha value is -3.47. The van der Waals surface area contributed by atoms with Crippen LogP contribution >= 0.6 is 0 Å². The number of aryl methyl sites for hydroxylation is 1. The van der Waals surface area contributed by atoms with Crippen molar-refractivity contribution in [2.24, 2.45) is 5.92 Å². The van der Waals surface area contributed by atoms with Crippen molar-refractivity contribution in [3.63, 3.8) is 0 Å². The predicted molar refractivity (Wildman–Crippen MR) is 135 cm³/mol. The van der Waals surface area contributed by atoms with Crippen molar-refractivity contribution in [1.29, 1.82) is 0 Å². The van der Waals surface area contributed by atoms with E-state index < -0.39 is 0 Å². The molecular formula is C28H32FN3O. The molecule has 3 aromatic rings. The third kappa shape index (κ3) is 5.67. The number of halogens is 1. The van der Waals surface area contributed by atoms with Gasteiger partial charge in [-0.3, -0.25) is 4.79 Å². The number of para-hydroxylation sites is 1. The molecular weight excluding hydrogens is 413 g/mol. The lowest BCUT2D eigenvalue weighted by Crippen LogP contribution is -2.24. The third-order valence-electron chi connectivity index (χ3n) is 6.08. The molecule has 0 aliphatic rings. The normalized spacial score (nSPS) is 11.9. The van der Waals surface area contributed by atoms with Gasteiger partial charge in [0.25, 0.3) is 5.56 Å². The Kier molecular flexibility index (Phi) is 7.99. The minimum atomic E-state index is -0.299. The van der Waals surface area contributed by atoms with Gasteiger partial charge in [0.2, 0.25) is 0 Å². The minimum Gasteiger partial charge on any atom is -0.388 e. The summed E-state index contributed by atoms with van der Waals surface area (Å²) >= 11 is 0. The summed E-state index contributed by atoms with van der Waals surface area (Å²) in [5, 5.41) is 8.28. The molecule has 0 aliphatic carbocycles. The lowest BCUT2D eigenvalue weighted by molar-refractivity contribution is 0.471. The van der Waals surface area contributed by atoms with Gasteiger partial charge in [0.05, 0.1) is 11.4 Å². The zero-order chi connectivity index (χ0) is 24.0. The second-order valence-corrected chi connectivity index (χ2v) is 8.30. The SMILES string of the molecule is C=C(/C(=C(\C)NCC(CC)CC)c1ccc(=O)n(-c2ccccc2C)n1)c1ccc(F)cc1. The Labute approximate surface area is 195 Å². The number of nitrogens with zero attached hydrogens (tertiary/aromatic N) is 2. The summed E-state index contributed by atoms with van der Waals surface area (Å²) in [5.74, 6) is 0.251. The highest BCUT2D eigenvalue weighted by Gasteiger charge is 2.17. The van der Waals surface area contributed by atoms with Gasteiger partial charge in [0, 0.05) is 23.9 Å². The lowest BCUT2D eigenvalue weighted by atomic mass is 9.94. The molecule has 1 N–H and O–H groups in total. The van der Waals surface area contributed by atoms with Gasteiger partial charge in [-0.15, -0.1) is 0 Å². The molecule has 0 bridgehead atoms. The van der Waals surface area contributed by atoms with E-state index in [1.165, 1.54) is 22.9 Å². The summed E-state index contributed by atoms with van der Waals surface area (Å²) < 4.78 is 15.0. The number of hydrogen-bond acceptors (Lipinski definition) is 3. The van der Waals surface area contributed by atoms with Gasteiger partial charge < -0.3 is 5.32 Å². The van der Waals surface area contributed by atoms with E-state index in [0.717, 1.165) is 47.5 Å². The first-order valence-corrected chi connectivity index (χ1v) is 11.4. The molecule has 0 unspecified atom stereocenters. The average Bonchev–Trinajstić information content (AvgIpc) is 2.82. The van der Waals surface area contributed by atoms with Gasteiger partial charge in [-0.25, -0.2) is 4.39 Å². The van der Waals surface area contributed by atoms with E-state index in [-0.39, 0.29) is 11.4 Å². The molecule has 0 atom stereocenters. The van der Waals surface area contributed by atoms with Crippen LogP contribution in [-0.2, 0) is 0 Å². The van der Waals surface area contributed by atoms with Crippen LogP contribution in [0.3, 0.4) is 0 Å². The Bertz CT molecular complexity index is 1200. The summed E-state index contributed by atoms with van der Waals surface area (Å²) in [6.45, 7) is 13.5. The predicted octanol–water partition coefficient (Wildman–Crippen LogP) is 6.15. The molecule has 0 aliphatic heterocycles. The maximum atomic E-state index is 13.5. The van der Waals surface area contributed by atoms with Crippen LogP contribution in [0.15, 0.2) is 77.7 Å². The molecule has 4 nitrogen and oxygen atoms in total. The first kappa shape index (κ1) is 24.2. The van der Waals surface area contributed by atoms with Crippen LogP contribution in [0.25, 0.3) is 16.8 Å². The summed E-state index contributed by atoms with van der Waals surface area (Å²) in [4.78, 5) is 12.7. The van der Waals surface area contributed by atoms with Crippen LogP contribution in [0.2, 0.25) is 0 Å². The van der Waals surface area contributed by atoms with Crippen molar-refractivity contribution < 1.29 is 4.39 Å². The number of aromatic nitrogens is 2. The van der Waals surface area contributed by atoms with Crippen molar-refractivity contribution in [3.8, 4) is 5.69 Å². The van der Waals surface area contributed by atoms with Crippen LogP contribution in [0.1, 0.15) is 50.4 Å². The number of benzene rings is 2. The maximum Gasteiger partial charge on any atom is 0.271 e. The molecule has 3 rings (SSSR count). The fourth-order valence-electron chi connectivity index (χ4n) is 3.85. The number of rotatable bonds is 9. The molecule has 1 heterocycles. The summed E-state index contributed by atoms with van der Waals surface area (Å²) in [6.07, 6.45) is 2.17. The summed E-state index contributed by atoms with van der Waals surface area (Å²) in [7, 11) is 0. The number of nitrogens with one attached hydrogen (secondary N) is 1. The van der Waals surface area contributed by atoms with Crippen molar-refractivity contribution >= 4 is 11.1 Å². The third-order valence-corrected chi connectivity index (χ3v) is 6.08. The van der Waals surface area contributed by atoms with E-state index in [9.17, 15) is 9.18 Å². The quantitative estimate of drug-likeness (QED) is 0.402. The van der Waals surface area contributed by atoms with Crippen LogP contribution < -0.4 is 10.9 Å². The van der Waals surface area contributed by atoms with Crippen LogP contribution in [0.4, 0.5) is 4.39 Å². The zero-order valence-electron chi connectivity index (χ0n) is 19.9. The molecule has 2 aromatic carbocycles. The first-order chi connectivity index (χ1) is 15.8. The van der Waals surface area contributed by atoms with Crippen molar-refractivity contribution in [2.75, 3.05) is 6.54 Å². The molecule has 0 fully saturated rings. The molecule has 5 heteroatoms. The maximum absolute atomic E-state index is 13.5. The second kappa shape index (κ2) is 10.9. The van der Waals surface area contributed by atoms with Crippen molar-refractivity contribution in [3.05, 3.63) is 106 Å². The van der Waals surface area contributed by atoms with Gasteiger partial charge in [-0.2, -0.15) is 9.78 Å². The first-order valence-electron chi connectivity index (χ1n) is 11.4. The average molecular weight is 446 g/mol. The molecule has 0 saturated heterocycles. The lowest BCUT2D eigenvalue weighted by Gasteiger charge is -2.20. The Balaban J connectivity index is 2.13. The Morgan fingerprint density at radius 3 is 2.36 bits per heavy atom. The van der Waals surface area contributed by atoms with Gasteiger partial charge >= 0.3 is 0 Å². The van der Waals surface area contributed by atoms with Crippen LogP contribution in [0.5, 0.6) is 0 Å². The molecule has 0 spiro atoms. The fourth-order valence-corrected chi connectivity index (χ4v) is 3.85. The van der Waals surface area contributed by atoms with Gasteiger partial charge in [-0.05, 0) is 60.7 Å². The molecule has 33 heavy (non-hydrogen) atoms. The second-order valence-electron chi connectivity index (χ2n) is 8.30. The molecule has 0 amide bonds. The van der Waals surface area contributed by atoms with E-state index >= 15 is 0 Å². The van der Waals surface area contributed by atoms with Crippen LogP contribution in [-0.4, -0.2) is 16.3 Å². The highest BCUT2D eigenvalue weighted by Crippen LogP contribution is 2.31. The smallest absolute Gasteiger partial charge is 0.271 e. The Morgan fingerprint density at radius 2 is 1.73 bits per heavy atom. The minimum absolute atomic E-state index is 0.206. The standard InChI is InChI=1S/C28H32FN3O/c1-6-22(7-2)18-30-21(5)28(20(4)23-12-14-24(29)15-13-23)25-16-17-27(33)32(31-25)26-11-9-8-10-19(26)3/h8-17,22,30H,4,6-7,18H2,1-3,5H3/b28-21-. The van der Waals surface area contributed by atoms with Gasteiger partial charge in [0.1, 0.15) is 5.82 Å². The summed E-state index contributed by atoms with van der Waals surface area (Å²) in [6, 6.07) is 17.2. The van der Waals surface area contributed by atoms with Crippen molar-refractivity contribution in [2.45, 2.75) is 40.5 Å². The Morgan fingerprint density at radius 1 is 1.06 bits per heavy atom. The molecule has 0 radical (unpaired) electrons. The van der Waals surface area contributed by atoms with E-state index in [0.29, 0.717) is 17.2 Å². The topological polar surface area (TPSA) is 46.9 Å². The molecule has 172 valence electrons. The van der Waals surface area contributed by atoms with E-state index in [1.54, 1.807) is 18.2 Å². The van der Waals surface area contributed by atoms with E-state index in [4.69, 9.17) is 5.10 Å². The molecule has 0 saturated carbocycles. The number of allylic oxidation sites excluding steroid dienone is 3. The van der Waals surface area contributed by atoms with Crippen LogP contribution in [0, 0.1) is 18.7 Å². The van der Waals surface area contributed by atoms with Crippen molar-refractivity contribution in [1.82, 2.24) is 15.1 Å². The fraction of sp³-hybridized carbons (Fsp3) is 0.286. The van der Waals surface area contributed by atoms with E-state index in [2.05, 4.69) is 25.7 Å². The van der Waals surface area contributed by atoms with Gasteiger partial charge in [-0.1, -0.05) is 63.6 Å². The highest BCUT2D eigenvalue weighted by molar-refractivity contribution is 6.04. The van der Waals surface area contributed by atoms with Gasteiger partial charge in [0.15, 0.2) is 0 Å². The van der Waals surface area contributed by atoms with E-state index in [1.807, 2.05) is 38.1 Å². The number of hydrogen-bond donors (Lipinski definition) is 1. The zero-order valence-corrected chi connectivity index (χ0v) is 19.9. The highest BCUT2D eigenvalue weighted by atomic mass is 19.1. The monoisotopic (exact) mass is 445 g/mol. The molecule has 1 aromatic heterocycles. The summed E-state index contributed by atoms with van der Waals surface area (Å²) in [5.41, 5.74) is 5.34. The largest absolute Gasteiger partial charge is 0.388 e.